The van der Waals surface area contributed by atoms with Crippen LogP contribution in [0.15, 0.2) is 47.4 Å². The molecule has 1 aliphatic rings. The third kappa shape index (κ3) is 4.94. The lowest BCUT2D eigenvalue weighted by Crippen LogP contribution is -2.27. The number of halogens is 1. The van der Waals surface area contributed by atoms with Crippen molar-refractivity contribution in [2.75, 3.05) is 13.1 Å². The van der Waals surface area contributed by atoms with E-state index < -0.39 is 5.97 Å². The summed E-state index contributed by atoms with van der Waals surface area (Å²) in [5.74, 6) is -0.0162. The maximum atomic E-state index is 14.0. The molecule has 7 heteroatoms. The second-order valence-electron chi connectivity index (χ2n) is 8.57. The highest BCUT2D eigenvalue weighted by atomic mass is 32.2. The van der Waals surface area contributed by atoms with Crippen molar-refractivity contribution < 1.29 is 19.0 Å². The first-order valence-corrected chi connectivity index (χ1v) is 11.8. The molecule has 1 N–H and O–H groups in total. The Morgan fingerprint density at radius 1 is 1.19 bits per heavy atom. The summed E-state index contributed by atoms with van der Waals surface area (Å²) in [6, 6.07) is 12.8. The Hall–Kier alpha value is -2.51. The van der Waals surface area contributed by atoms with Gasteiger partial charge in [0.25, 0.3) is 0 Å². The summed E-state index contributed by atoms with van der Waals surface area (Å²) in [5, 5.41) is 10.2. The fourth-order valence-corrected chi connectivity index (χ4v) is 5.52. The lowest BCUT2D eigenvalue weighted by atomic mass is 9.88. The number of fused-ring (bicyclic) bond motifs is 1. The molecule has 1 aromatic heterocycles. The lowest BCUT2D eigenvalue weighted by molar-refractivity contribution is -0.137. The molecule has 0 saturated carbocycles. The van der Waals surface area contributed by atoms with Crippen LogP contribution in [0, 0.1) is 12.7 Å². The van der Waals surface area contributed by atoms with Crippen molar-refractivity contribution in [3.05, 3.63) is 59.5 Å². The molecule has 0 amide bonds. The largest absolute Gasteiger partial charge is 0.491 e. The smallest absolute Gasteiger partial charge is 0.323 e. The number of nitrogens with zero attached hydrogens (tertiary/aromatic N) is 2. The second kappa shape index (κ2) is 9.55. The summed E-state index contributed by atoms with van der Waals surface area (Å²) in [4.78, 5) is 12.6. The normalized spacial score (nSPS) is 15.5. The molecule has 0 atom stereocenters. The van der Waals surface area contributed by atoms with Crippen LogP contribution in [0.1, 0.15) is 43.9 Å². The molecule has 0 aliphatic carbocycles. The molecule has 170 valence electrons. The topological polar surface area (TPSA) is 54.7 Å². The zero-order chi connectivity index (χ0) is 22.8. The van der Waals surface area contributed by atoms with E-state index in [4.69, 9.17) is 4.74 Å². The molecule has 32 heavy (non-hydrogen) atoms. The van der Waals surface area contributed by atoms with Gasteiger partial charge in [0.05, 0.1) is 6.10 Å². The molecule has 0 spiro atoms. The van der Waals surface area contributed by atoms with Gasteiger partial charge in [-0.3, -0.25) is 4.79 Å². The number of aromatic nitrogens is 1. The number of carboxylic acid groups (broad SMARTS) is 1. The molecular formula is C25H29FN2O3S. The van der Waals surface area contributed by atoms with E-state index in [0.29, 0.717) is 0 Å². The number of ether oxygens (including phenoxy) is 1. The Bertz CT molecular complexity index is 1100. The fourth-order valence-electron chi connectivity index (χ4n) is 4.57. The average molecular weight is 457 g/mol. The van der Waals surface area contributed by atoms with Crippen molar-refractivity contribution in [3.8, 4) is 5.75 Å². The van der Waals surface area contributed by atoms with Crippen molar-refractivity contribution in [1.29, 1.82) is 0 Å². The van der Waals surface area contributed by atoms with E-state index >= 15 is 0 Å². The number of carbonyl (C=O) groups is 1. The molecular weight excluding hydrogens is 427 g/mol. The Balaban J connectivity index is 1.48. The lowest BCUT2D eigenvalue weighted by Gasteiger charge is -2.31. The summed E-state index contributed by atoms with van der Waals surface area (Å²) in [5.41, 5.74) is 2.82. The molecule has 5 nitrogen and oxygen atoms in total. The first kappa shape index (κ1) is 22.7. The predicted molar refractivity (Wildman–Crippen MR) is 126 cm³/mol. The molecule has 3 aromatic rings. The SMILES string of the molecule is Cc1c(C2CCN(Sc3ccc(OC(C)C)cc3)CC2)c2cc(F)ccc2n1CC(=O)O. The summed E-state index contributed by atoms with van der Waals surface area (Å²) >= 11 is 1.75. The molecule has 0 radical (unpaired) electrons. The average Bonchev–Trinajstić information content (AvgIpc) is 3.00. The maximum Gasteiger partial charge on any atom is 0.323 e. The van der Waals surface area contributed by atoms with Gasteiger partial charge < -0.3 is 14.4 Å². The number of rotatable bonds is 7. The minimum Gasteiger partial charge on any atom is -0.491 e. The van der Waals surface area contributed by atoms with Gasteiger partial charge in [0.15, 0.2) is 0 Å². The van der Waals surface area contributed by atoms with Crippen LogP contribution in [0.25, 0.3) is 10.9 Å². The highest BCUT2D eigenvalue weighted by Gasteiger charge is 2.27. The van der Waals surface area contributed by atoms with E-state index in [1.165, 1.54) is 11.0 Å². The molecule has 2 aromatic carbocycles. The number of carboxylic acids is 1. The van der Waals surface area contributed by atoms with Gasteiger partial charge in [-0.05, 0) is 99.5 Å². The molecule has 0 unspecified atom stereocenters. The van der Waals surface area contributed by atoms with Gasteiger partial charge in [-0.2, -0.15) is 0 Å². The van der Waals surface area contributed by atoms with E-state index in [1.54, 1.807) is 28.6 Å². The Labute approximate surface area is 192 Å². The number of benzene rings is 2. The fraction of sp³-hybridized carbons (Fsp3) is 0.400. The Kier molecular flexibility index (Phi) is 6.76. The van der Waals surface area contributed by atoms with Crippen LogP contribution in [0.4, 0.5) is 4.39 Å². The van der Waals surface area contributed by atoms with E-state index in [0.717, 1.165) is 53.8 Å². The molecule has 1 saturated heterocycles. The van der Waals surface area contributed by atoms with Gasteiger partial charge in [0.1, 0.15) is 18.1 Å². The predicted octanol–water partition coefficient (Wildman–Crippen LogP) is 5.85. The zero-order valence-corrected chi connectivity index (χ0v) is 19.5. The van der Waals surface area contributed by atoms with Crippen molar-refractivity contribution in [2.45, 2.75) is 57.1 Å². The van der Waals surface area contributed by atoms with Gasteiger partial charge in [-0.15, -0.1) is 0 Å². The van der Waals surface area contributed by atoms with Gasteiger partial charge in [0.2, 0.25) is 0 Å². The molecule has 1 aliphatic heterocycles. The van der Waals surface area contributed by atoms with Crippen molar-refractivity contribution >= 4 is 28.8 Å². The van der Waals surface area contributed by atoms with Crippen LogP contribution >= 0.6 is 11.9 Å². The van der Waals surface area contributed by atoms with Crippen LogP contribution < -0.4 is 4.74 Å². The number of hydrogen-bond donors (Lipinski definition) is 1. The van der Waals surface area contributed by atoms with E-state index in [9.17, 15) is 14.3 Å². The van der Waals surface area contributed by atoms with Crippen LogP contribution in [-0.2, 0) is 11.3 Å². The van der Waals surface area contributed by atoms with E-state index in [1.807, 2.05) is 32.9 Å². The highest BCUT2D eigenvalue weighted by molar-refractivity contribution is 7.97. The number of piperidine rings is 1. The van der Waals surface area contributed by atoms with Gasteiger partial charge in [-0.25, -0.2) is 8.70 Å². The highest BCUT2D eigenvalue weighted by Crippen LogP contribution is 2.39. The Morgan fingerprint density at radius 3 is 2.50 bits per heavy atom. The molecule has 2 heterocycles. The van der Waals surface area contributed by atoms with Gasteiger partial charge in [0, 0.05) is 34.6 Å². The van der Waals surface area contributed by atoms with E-state index in [2.05, 4.69) is 16.4 Å². The standard InChI is InChI=1S/C25H29FN2O3S/c1-16(2)31-20-5-7-21(8-6-20)32-27-12-10-18(11-13-27)25-17(3)28(15-24(29)30)23-9-4-19(26)14-22(23)25/h4-9,14,16,18H,10-13,15H2,1-3H3,(H,29,30). The van der Waals surface area contributed by atoms with Crippen LogP contribution in [0.3, 0.4) is 0 Å². The zero-order valence-electron chi connectivity index (χ0n) is 18.7. The summed E-state index contributed by atoms with van der Waals surface area (Å²) in [6.45, 7) is 7.71. The monoisotopic (exact) mass is 456 g/mol. The number of aliphatic carboxylic acids is 1. The molecule has 1 fully saturated rings. The van der Waals surface area contributed by atoms with E-state index in [-0.39, 0.29) is 24.4 Å². The summed E-state index contributed by atoms with van der Waals surface area (Å²) in [7, 11) is 0. The Morgan fingerprint density at radius 2 is 1.88 bits per heavy atom. The maximum absolute atomic E-state index is 14.0. The summed E-state index contributed by atoms with van der Waals surface area (Å²) in [6.07, 6.45) is 2.06. The van der Waals surface area contributed by atoms with Crippen molar-refractivity contribution in [3.63, 3.8) is 0 Å². The minimum absolute atomic E-state index is 0.112. The van der Waals surface area contributed by atoms with Crippen LogP contribution in [0.2, 0.25) is 0 Å². The van der Waals surface area contributed by atoms with Crippen molar-refractivity contribution in [2.24, 2.45) is 0 Å². The van der Waals surface area contributed by atoms with Crippen LogP contribution in [-0.4, -0.2) is 39.1 Å². The molecule has 0 bridgehead atoms. The van der Waals surface area contributed by atoms with Crippen molar-refractivity contribution in [1.82, 2.24) is 8.87 Å². The first-order valence-electron chi connectivity index (χ1n) is 11.0. The minimum atomic E-state index is -0.892. The molecule has 4 rings (SSSR count). The first-order chi connectivity index (χ1) is 15.3. The second-order valence-corrected chi connectivity index (χ2v) is 9.74. The quantitative estimate of drug-likeness (QED) is 0.452. The van der Waals surface area contributed by atoms with Crippen LogP contribution in [0.5, 0.6) is 5.75 Å². The third-order valence-corrected chi connectivity index (χ3v) is 7.03. The summed E-state index contributed by atoms with van der Waals surface area (Å²) < 4.78 is 23.9. The third-order valence-electron chi connectivity index (χ3n) is 5.92. The van der Waals surface area contributed by atoms with Gasteiger partial charge >= 0.3 is 5.97 Å². The number of hydrogen-bond acceptors (Lipinski definition) is 4. The van der Waals surface area contributed by atoms with Gasteiger partial charge in [-0.1, -0.05) is 0 Å².